The number of hydrogen-bond acceptors (Lipinski definition) is 3. The summed E-state index contributed by atoms with van der Waals surface area (Å²) in [6.07, 6.45) is 2.98. The zero-order chi connectivity index (χ0) is 16.0. The summed E-state index contributed by atoms with van der Waals surface area (Å²) >= 11 is 0. The Morgan fingerprint density at radius 2 is 2.18 bits per heavy atom. The van der Waals surface area contributed by atoms with E-state index in [1.807, 2.05) is 12.1 Å². The van der Waals surface area contributed by atoms with Gasteiger partial charge in [-0.2, -0.15) is 8.78 Å². The summed E-state index contributed by atoms with van der Waals surface area (Å²) in [5, 5.41) is 15.7. The number of fused-ring (bicyclic) bond motifs is 2. The highest BCUT2D eigenvalue weighted by molar-refractivity contribution is 5.85. The van der Waals surface area contributed by atoms with Gasteiger partial charge in [-0.1, -0.05) is 30.3 Å². The molecule has 1 spiro atoms. The molecule has 3 rings (SSSR count). The predicted molar refractivity (Wildman–Crippen MR) is 77.7 cm³/mol. The molecule has 2 unspecified atom stereocenters. The number of rotatable bonds is 3. The molecule has 0 saturated carbocycles. The molecule has 1 aromatic carbocycles. The minimum atomic E-state index is -3.29. The molecular weight excluding hydrogens is 290 g/mol. The van der Waals surface area contributed by atoms with Crippen LogP contribution in [0.4, 0.5) is 8.78 Å². The van der Waals surface area contributed by atoms with E-state index in [1.165, 1.54) is 13.0 Å². The lowest BCUT2D eigenvalue weighted by atomic mass is 9.91. The molecule has 0 aromatic heterocycles. The van der Waals surface area contributed by atoms with Crippen molar-refractivity contribution in [2.45, 2.75) is 31.2 Å². The molecular formula is C16H18F2N2O2. The molecule has 1 saturated heterocycles. The lowest BCUT2D eigenvalue weighted by molar-refractivity contribution is -0.806. The fraction of sp³-hybridized carbons (Fsp3) is 0.438. The van der Waals surface area contributed by atoms with E-state index in [-0.39, 0.29) is 6.67 Å². The number of aryl methyl sites for hydroxylation is 1. The first-order chi connectivity index (χ1) is 10.3. The van der Waals surface area contributed by atoms with Crippen LogP contribution in [0.5, 0.6) is 0 Å². The molecule has 2 aliphatic rings. The summed E-state index contributed by atoms with van der Waals surface area (Å²) in [6, 6.07) is 7.38. The predicted octanol–water partition coefficient (Wildman–Crippen LogP) is 2.44. The van der Waals surface area contributed by atoms with Gasteiger partial charge in [0.25, 0.3) is 0 Å². The van der Waals surface area contributed by atoms with E-state index in [2.05, 4.69) is 5.32 Å². The number of halogens is 2. The van der Waals surface area contributed by atoms with E-state index in [1.54, 1.807) is 12.1 Å². The number of amides is 1. The van der Waals surface area contributed by atoms with Crippen LogP contribution in [0.3, 0.4) is 0 Å². The van der Waals surface area contributed by atoms with Crippen molar-refractivity contribution in [3.05, 3.63) is 52.8 Å². The maximum absolute atomic E-state index is 13.8. The van der Waals surface area contributed by atoms with Crippen LogP contribution >= 0.6 is 0 Å². The standard InChI is InChI=1S/C16H18F2N2O2/c1-2-8-15(17,18)10-20(22)11-19-16(14(20)21)9-7-12-5-3-4-6-13(12)16/h2-6,8,19H,7,9-11H2,1H3/b8-2+. The Bertz CT molecular complexity index is 647. The summed E-state index contributed by atoms with van der Waals surface area (Å²) in [4.78, 5) is 12.7. The van der Waals surface area contributed by atoms with Crippen LogP contribution in [0, 0.1) is 5.21 Å². The second kappa shape index (κ2) is 4.94. The smallest absolute Gasteiger partial charge is 0.339 e. The molecule has 6 heteroatoms. The van der Waals surface area contributed by atoms with Gasteiger partial charge in [0.15, 0.2) is 12.1 Å². The van der Waals surface area contributed by atoms with Gasteiger partial charge < -0.3 is 5.21 Å². The van der Waals surface area contributed by atoms with Crippen molar-refractivity contribution < 1.29 is 18.2 Å². The molecule has 118 valence electrons. The fourth-order valence-electron chi connectivity index (χ4n) is 3.54. The maximum Gasteiger partial charge on any atom is 0.339 e. The second-order valence-electron chi connectivity index (χ2n) is 6.01. The van der Waals surface area contributed by atoms with E-state index < -0.39 is 28.6 Å². The lowest BCUT2D eigenvalue weighted by Gasteiger charge is -2.37. The van der Waals surface area contributed by atoms with Crippen molar-refractivity contribution in [3.8, 4) is 0 Å². The zero-order valence-corrected chi connectivity index (χ0v) is 12.3. The molecule has 22 heavy (non-hydrogen) atoms. The minimum absolute atomic E-state index is 0.319. The number of benzene rings is 1. The van der Waals surface area contributed by atoms with Gasteiger partial charge in [0.05, 0.1) is 0 Å². The first-order valence-corrected chi connectivity index (χ1v) is 7.31. The first kappa shape index (κ1) is 15.3. The van der Waals surface area contributed by atoms with Gasteiger partial charge >= 0.3 is 11.8 Å². The van der Waals surface area contributed by atoms with Crippen LogP contribution in [0.15, 0.2) is 36.4 Å². The number of quaternary nitrogens is 1. The molecule has 0 bridgehead atoms. The molecule has 1 aliphatic carbocycles. The monoisotopic (exact) mass is 308 g/mol. The first-order valence-electron chi connectivity index (χ1n) is 7.31. The third-order valence-corrected chi connectivity index (χ3v) is 4.49. The summed E-state index contributed by atoms with van der Waals surface area (Å²) in [7, 11) is 0. The lowest BCUT2D eigenvalue weighted by Crippen LogP contribution is -2.53. The van der Waals surface area contributed by atoms with Crippen molar-refractivity contribution in [2.75, 3.05) is 13.2 Å². The molecule has 4 nitrogen and oxygen atoms in total. The molecule has 1 N–H and O–H groups in total. The maximum atomic E-state index is 13.8. The third-order valence-electron chi connectivity index (χ3n) is 4.49. The highest BCUT2D eigenvalue weighted by Gasteiger charge is 2.59. The number of alkyl halides is 2. The van der Waals surface area contributed by atoms with Crippen LogP contribution < -0.4 is 5.32 Å². The van der Waals surface area contributed by atoms with Crippen LogP contribution in [-0.4, -0.2) is 29.7 Å². The molecule has 2 atom stereocenters. The van der Waals surface area contributed by atoms with Crippen LogP contribution in [0.2, 0.25) is 0 Å². The van der Waals surface area contributed by atoms with Gasteiger partial charge in [-0.05, 0) is 37.0 Å². The molecule has 1 aliphatic heterocycles. The Labute approximate surface area is 127 Å². The fourth-order valence-corrected chi connectivity index (χ4v) is 3.54. The Balaban J connectivity index is 1.93. The SMILES string of the molecule is C/C=C/C(F)(F)C[N+]1([O-])CNC2(CCc3ccccc32)C1=O. The highest BCUT2D eigenvalue weighted by Crippen LogP contribution is 2.43. The Morgan fingerprint density at radius 3 is 2.91 bits per heavy atom. The topological polar surface area (TPSA) is 52.2 Å². The number of nitrogens with zero attached hydrogens (tertiary/aromatic N) is 1. The van der Waals surface area contributed by atoms with Gasteiger partial charge in [0.2, 0.25) is 0 Å². The summed E-state index contributed by atoms with van der Waals surface area (Å²) in [5.41, 5.74) is 0.645. The Kier molecular flexibility index (Phi) is 3.43. The van der Waals surface area contributed by atoms with Crippen molar-refractivity contribution in [2.24, 2.45) is 0 Å². The highest BCUT2D eigenvalue weighted by atomic mass is 19.3. The number of carbonyl (C=O) groups excluding carboxylic acids is 1. The molecule has 1 aromatic rings. The second-order valence-corrected chi connectivity index (χ2v) is 6.01. The average molecular weight is 308 g/mol. The summed E-state index contributed by atoms with van der Waals surface area (Å²) in [5.74, 6) is -4.00. The van der Waals surface area contributed by atoms with E-state index in [4.69, 9.17) is 0 Å². The third kappa shape index (κ3) is 2.18. The average Bonchev–Trinajstić information content (AvgIpc) is 2.94. The van der Waals surface area contributed by atoms with Crippen molar-refractivity contribution in [1.29, 1.82) is 0 Å². The minimum Gasteiger partial charge on any atom is -0.624 e. The van der Waals surface area contributed by atoms with Gasteiger partial charge in [0, 0.05) is 0 Å². The normalized spacial score (nSPS) is 31.4. The number of carbonyl (C=O) groups is 1. The number of hydroxylamine groups is 3. The van der Waals surface area contributed by atoms with Gasteiger partial charge in [-0.3, -0.25) is 4.65 Å². The number of hydrogen-bond donors (Lipinski definition) is 1. The van der Waals surface area contributed by atoms with E-state index in [9.17, 15) is 18.8 Å². The largest absolute Gasteiger partial charge is 0.624 e. The molecule has 1 amide bonds. The molecule has 1 heterocycles. The number of allylic oxidation sites excluding steroid dienone is 1. The van der Waals surface area contributed by atoms with Crippen LogP contribution in [-0.2, 0) is 16.8 Å². The van der Waals surface area contributed by atoms with Crippen molar-refractivity contribution in [1.82, 2.24) is 5.32 Å². The van der Waals surface area contributed by atoms with E-state index in [0.717, 1.165) is 11.1 Å². The van der Waals surface area contributed by atoms with Crippen molar-refractivity contribution in [3.63, 3.8) is 0 Å². The Morgan fingerprint density at radius 1 is 1.45 bits per heavy atom. The van der Waals surface area contributed by atoms with Gasteiger partial charge in [0.1, 0.15) is 6.67 Å². The zero-order valence-electron chi connectivity index (χ0n) is 12.3. The van der Waals surface area contributed by atoms with Crippen molar-refractivity contribution >= 4 is 5.91 Å². The van der Waals surface area contributed by atoms with Gasteiger partial charge in [-0.25, -0.2) is 10.1 Å². The van der Waals surface area contributed by atoms with E-state index in [0.29, 0.717) is 18.9 Å². The van der Waals surface area contributed by atoms with Crippen LogP contribution in [0.25, 0.3) is 0 Å². The number of nitrogens with one attached hydrogen (secondary N) is 1. The van der Waals surface area contributed by atoms with Gasteiger partial charge in [-0.15, -0.1) is 0 Å². The summed E-state index contributed by atoms with van der Waals surface area (Å²) in [6.45, 7) is 0.0786. The molecule has 1 fully saturated rings. The summed E-state index contributed by atoms with van der Waals surface area (Å²) < 4.78 is 26.0. The molecule has 0 radical (unpaired) electrons. The van der Waals surface area contributed by atoms with Crippen LogP contribution in [0.1, 0.15) is 24.5 Å². The van der Waals surface area contributed by atoms with E-state index >= 15 is 0 Å². The quantitative estimate of drug-likeness (QED) is 0.530. The Hall–Kier alpha value is -1.63.